The van der Waals surface area contributed by atoms with E-state index in [9.17, 15) is 9.59 Å². The summed E-state index contributed by atoms with van der Waals surface area (Å²) in [6, 6.07) is 19.6. The molecule has 0 N–H and O–H groups in total. The van der Waals surface area contributed by atoms with E-state index in [4.69, 9.17) is 9.47 Å². The molecule has 0 bridgehead atoms. The van der Waals surface area contributed by atoms with E-state index in [0.29, 0.717) is 0 Å². The van der Waals surface area contributed by atoms with Crippen LogP contribution in [-0.2, 0) is 19.1 Å². The van der Waals surface area contributed by atoms with Crippen molar-refractivity contribution >= 4 is 17.5 Å². The van der Waals surface area contributed by atoms with Gasteiger partial charge in [-0.1, -0.05) is 94.4 Å². The molecule has 2 rings (SSSR count). The second kappa shape index (κ2) is 11.8. The minimum atomic E-state index is -0.672. The van der Waals surface area contributed by atoms with Gasteiger partial charge in [0.25, 0.3) is 0 Å². The third kappa shape index (κ3) is 7.36. The fraction of sp³-hybridized carbons (Fsp3) is 0.308. The molecule has 0 aliphatic heterocycles. The van der Waals surface area contributed by atoms with Crippen LogP contribution >= 0.6 is 0 Å². The molecule has 4 heteroatoms. The summed E-state index contributed by atoms with van der Waals surface area (Å²) in [5.74, 6) is -1.01. The first-order valence-electron chi connectivity index (χ1n) is 10.3. The van der Waals surface area contributed by atoms with Gasteiger partial charge in [0.15, 0.2) is 0 Å². The molecule has 0 heterocycles. The summed E-state index contributed by atoms with van der Waals surface area (Å²) < 4.78 is 10.6. The largest absolute Gasteiger partial charge is 0.462 e. The fourth-order valence-electron chi connectivity index (χ4n) is 2.62. The van der Waals surface area contributed by atoms with E-state index in [1.165, 1.54) is 6.08 Å². The van der Waals surface area contributed by atoms with Crippen LogP contribution in [0.2, 0.25) is 0 Å². The van der Waals surface area contributed by atoms with Gasteiger partial charge in [0, 0.05) is 0 Å². The molecule has 2 aromatic rings. The zero-order valence-electron chi connectivity index (χ0n) is 18.1. The van der Waals surface area contributed by atoms with Gasteiger partial charge in [-0.3, -0.25) is 0 Å². The number of hydrogen-bond donors (Lipinski definition) is 0. The van der Waals surface area contributed by atoms with Crippen molar-refractivity contribution in [2.75, 3.05) is 13.2 Å². The smallest absolute Gasteiger partial charge is 0.345 e. The highest BCUT2D eigenvalue weighted by molar-refractivity contribution is 6.14. The van der Waals surface area contributed by atoms with E-state index in [2.05, 4.69) is 0 Å². The van der Waals surface area contributed by atoms with Crippen LogP contribution in [0.5, 0.6) is 0 Å². The van der Waals surface area contributed by atoms with Crippen molar-refractivity contribution in [3.8, 4) is 0 Å². The summed E-state index contributed by atoms with van der Waals surface area (Å²) in [7, 11) is 0. The molecule has 0 radical (unpaired) electrons. The Labute approximate surface area is 179 Å². The van der Waals surface area contributed by atoms with Crippen LogP contribution < -0.4 is 0 Å². The number of esters is 2. The Morgan fingerprint density at radius 3 is 1.47 bits per heavy atom. The zero-order valence-corrected chi connectivity index (χ0v) is 18.1. The Morgan fingerprint density at radius 1 is 0.700 bits per heavy atom. The highest BCUT2D eigenvalue weighted by Gasteiger charge is 2.22. The molecule has 0 unspecified atom stereocenters. The first-order valence-corrected chi connectivity index (χ1v) is 10.3. The number of rotatable bonds is 9. The number of benzene rings is 2. The van der Waals surface area contributed by atoms with Gasteiger partial charge in [-0.15, -0.1) is 0 Å². The Hall–Kier alpha value is -3.14. The van der Waals surface area contributed by atoms with E-state index >= 15 is 0 Å². The molecule has 0 aliphatic carbocycles. The van der Waals surface area contributed by atoms with Gasteiger partial charge >= 0.3 is 11.9 Å². The number of ether oxygens (including phenoxy) is 2. The minimum Gasteiger partial charge on any atom is -0.462 e. The molecule has 0 amide bonds. The maximum atomic E-state index is 12.6. The van der Waals surface area contributed by atoms with Gasteiger partial charge in [0.05, 0.1) is 13.2 Å². The highest BCUT2D eigenvalue weighted by atomic mass is 16.6. The van der Waals surface area contributed by atoms with Gasteiger partial charge < -0.3 is 9.47 Å². The highest BCUT2D eigenvalue weighted by Crippen LogP contribution is 2.23. The normalized spacial score (nSPS) is 10.5. The predicted molar refractivity (Wildman–Crippen MR) is 120 cm³/mol. The van der Waals surface area contributed by atoms with E-state index in [1.54, 1.807) is 6.08 Å². The molecule has 0 saturated heterocycles. The molecular formula is C26H30O4. The van der Waals surface area contributed by atoms with Crippen molar-refractivity contribution in [2.45, 2.75) is 27.7 Å². The number of carbonyl (C=O) groups excluding carboxylic acids is 2. The molecule has 0 fully saturated rings. The van der Waals surface area contributed by atoms with Gasteiger partial charge in [-0.2, -0.15) is 0 Å². The zero-order chi connectivity index (χ0) is 21.9. The second-order valence-electron chi connectivity index (χ2n) is 7.88. The third-order valence-corrected chi connectivity index (χ3v) is 4.12. The van der Waals surface area contributed by atoms with E-state index in [0.717, 1.165) is 16.7 Å². The maximum Gasteiger partial charge on any atom is 0.345 e. The standard InChI is InChI=1S/C26H30O4/c1-19(2)17-29-25(27)24(26(28)30-18-20(3)4)16-15-23(21-11-7-5-8-12-21)22-13-9-6-10-14-22/h5-16,19-20H,17-18H2,1-4H3. The Bertz CT molecular complexity index is 810. The SMILES string of the molecule is CC(C)COC(=O)C(=CC=C(c1ccccc1)c1ccccc1)C(=O)OCC(C)C. The summed E-state index contributed by atoms with van der Waals surface area (Å²) in [5, 5.41) is 0. The molecule has 2 aromatic carbocycles. The summed E-state index contributed by atoms with van der Waals surface area (Å²) in [5.41, 5.74) is 2.73. The third-order valence-electron chi connectivity index (χ3n) is 4.12. The summed E-state index contributed by atoms with van der Waals surface area (Å²) >= 11 is 0. The van der Waals surface area contributed by atoms with Gasteiger partial charge in [0.2, 0.25) is 0 Å². The lowest BCUT2D eigenvalue weighted by molar-refractivity contribution is -0.148. The first kappa shape index (κ1) is 23.1. The quantitative estimate of drug-likeness (QED) is 0.183. The van der Waals surface area contributed by atoms with Gasteiger partial charge in [0.1, 0.15) is 5.57 Å². The predicted octanol–water partition coefficient (Wildman–Crippen LogP) is 5.44. The summed E-state index contributed by atoms with van der Waals surface area (Å²) in [4.78, 5) is 25.2. The lowest BCUT2D eigenvalue weighted by Crippen LogP contribution is -2.21. The lowest BCUT2D eigenvalue weighted by atomic mass is 9.97. The van der Waals surface area contributed by atoms with Crippen molar-refractivity contribution in [1.29, 1.82) is 0 Å². The van der Waals surface area contributed by atoms with Crippen LogP contribution in [0.4, 0.5) is 0 Å². The summed E-state index contributed by atoms with van der Waals surface area (Å²) in [6.07, 6.45) is 3.27. The van der Waals surface area contributed by atoms with Gasteiger partial charge in [-0.25, -0.2) is 9.59 Å². The Kier molecular flexibility index (Phi) is 9.07. The van der Waals surface area contributed by atoms with Crippen LogP contribution in [0.15, 0.2) is 78.4 Å². The molecule has 30 heavy (non-hydrogen) atoms. The molecule has 0 aliphatic rings. The van der Waals surface area contributed by atoms with Crippen molar-refractivity contribution in [1.82, 2.24) is 0 Å². The monoisotopic (exact) mass is 406 g/mol. The molecule has 0 spiro atoms. The Balaban J connectivity index is 2.44. The topological polar surface area (TPSA) is 52.6 Å². The van der Waals surface area contributed by atoms with Gasteiger partial charge in [-0.05, 0) is 34.6 Å². The second-order valence-corrected chi connectivity index (χ2v) is 7.88. The fourth-order valence-corrected chi connectivity index (χ4v) is 2.62. The number of carbonyl (C=O) groups is 2. The van der Waals surface area contributed by atoms with Crippen LogP contribution in [0.1, 0.15) is 38.8 Å². The van der Waals surface area contributed by atoms with Crippen LogP contribution in [0.25, 0.3) is 5.57 Å². The molecule has 158 valence electrons. The average molecular weight is 407 g/mol. The van der Waals surface area contributed by atoms with Crippen molar-refractivity contribution < 1.29 is 19.1 Å². The number of allylic oxidation sites excluding steroid dienone is 2. The molecule has 4 nitrogen and oxygen atoms in total. The Morgan fingerprint density at radius 2 is 1.10 bits per heavy atom. The molecule has 0 aromatic heterocycles. The van der Waals surface area contributed by atoms with Crippen LogP contribution in [0, 0.1) is 11.8 Å². The van der Waals surface area contributed by atoms with Crippen LogP contribution in [-0.4, -0.2) is 25.2 Å². The van der Waals surface area contributed by atoms with E-state index < -0.39 is 11.9 Å². The van der Waals surface area contributed by atoms with Crippen molar-refractivity contribution in [2.24, 2.45) is 11.8 Å². The lowest BCUT2D eigenvalue weighted by Gasteiger charge is -2.12. The summed E-state index contributed by atoms with van der Waals surface area (Å²) in [6.45, 7) is 8.24. The number of hydrogen-bond acceptors (Lipinski definition) is 4. The molecule has 0 saturated carbocycles. The first-order chi connectivity index (χ1) is 14.4. The molecule has 0 atom stereocenters. The van der Waals surface area contributed by atoms with E-state index in [-0.39, 0.29) is 30.6 Å². The minimum absolute atomic E-state index is 0.110. The van der Waals surface area contributed by atoms with E-state index in [1.807, 2.05) is 88.4 Å². The maximum absolute atomic E-state index is 12.6. The van der Waals surface area contributed by atoms with Crippen molar-refractivity contribution in [3.63, 3.8) is 0 Å². The van der Waals surface area contributed by atoms with Crippen molar-refractivity contribution in [3.05, 3.63) is 89.5 Å². The van der Waals surface area contributed by atoms with Crippen LogP contribution in [0.3, 0.4) is 0 Å². The molecular weight excluding hydrogens is 376 g/mol. The average Bonchev–Trinajstić information content (AvgIpc) is 2.74.